The van der Waals surface area contributed by atoms with Crippen molar-refractivity contribution in [3.8, 4) is 5.75 Å². The molecule has 0 aliphatic carbocycles. The highest BCUT2D eigenvalue weighted by Crippen LogP contribution is 2.37. The maximum Gasteiger partial charge on any atom is 0.244 e. The first-order valence-corrected chi connectivity index (χ1v) is 5.47. The summed E-state index contributed by atoms with van der Waals surface area (Å²) in [6, 6.07) is 5.71. The number of rotatable bonds is 4. The molecule has 0 aromatic heterocycles. The van der Waals surface area contributed by atoms with Crippen LogP contribution in [-0.4, -0.2) is 39.8 Å². The van der Waals surface area contributed by atoms with E-state index < -0.39 is 0 Å². The lowest BCUT2D eigenvalue weighted by molar-refractivity contribution is -0.115. The van der Waals surface area contributed by atoms with E-state index in [4.69, 9.17) is 9.47 Å². The molecule has 1 aromatic carbocycles. The molecule has 92 valence electrons. The number of benzene rings is 1. The van der Waals surface area contributed by atoms with Gasteiger partial charge in [0, 0.05) is 13.7 Å². The molecule has 0 bridgehead atoms. The Morgan fingerprint density at radius 3 is 2.94 bits per heavy atom. The van der Waals surface area contributed by atoms with Gasteiger partial charge in [0.1, 0.15) is 11.4 Å². The Kier molecular flexibility index (Phi) is 3.49. The predicted molar refractivity (Wildman–Crippen MR) is 65.7 cm³/mol. The average Bonchev–Trinajstić information content (AvgIpc) is 2.35. The van der Waals surface area contributed by atoms with Crippen LogP contribution in [-0.2, 0) is 9.53 Å². The van der Waals surface area contributed by atoms with Crippen LogP contribution in [0.15, 0.2) is 18.2 Å². The van der Waals surface area contributed by atoms with Gasteiger partial charge in [-0.3, -0.25) is 4.79 Å². The molecule has 1 heterocycles. The number of amides is 1. The average molecular weight is 236 g/mol. The van der Waals surface area contributed by atoms with Gasteiger partial charge in [-0.05, 0) is 12.1 Å². The quantitative estimate of drug-likeness (QED) is 0.850. The Hall–Kier alpha value is -1.75. The van der Waals surface area contributed by atoms with Crippen molar-refractivity contribution in [2.75, 3.05) is 44.1 Å². The molecular weight excluding hydrogens is 220 g/mol. The van der Waals surface area contributed by atoms with Gasteiger partial charge in [0.25, 0.3) is 0 Å². The van der Waals surface area contributed by atoms with Crippen molar-refractivity contribution in [3.63, 3.8) is 0 Å². The Labute approximate surface area is 100 Å². The second-order valence-electron chi connectivity index (χ2n) is 3.82. The number of para-hydroxylation sites is 1. The van der Waals surface area contributed by atoms with E-state index in [1.807, 2.05) is 23.1 Å². The number of nitrogens with one attached hydrogen (secondary N) is 1. The van der Waals surface area contributed by atoms with E-state index in [2.05, 4.69) is 5.32 Å². The molecule has 0 unspecified atom stereocenters. The van der Waals surface area contributed by atoms with E-state index in [0.717, 1.165) is 11.4 Å². The molecule has 1 amide bonds. The number of hydrogen-bond donors (Lipinski definition) is 1. The number of ether oxygens (including phenoxy) is 2. The molecule has 1 aliphatic rings. The third-order valence-corrected chi connectivity index (χ3v) is 2.73. The molecule has 2 rings (SSSR count). The van der Waals surface area contributed by atoms with Crippen molar-refractivity contribution in [1.29, 1.82) is 0 Å². The SMILES string of the molecule is COCCN1CC(=O)Nc2c(OC)cccc21. The Bertz CT molecular complexity index is 420. The zero-order chi connectivity index (χ0) is 12.3. The van der Waals surface area contributed by atoms with Gasteiger partial charge < -0.3 is 19.7 Å². The minimum atomic E-state index is -0.0295. The molecule has 0 radical (unpaired) electrons. The lowest BCUT2D eigenvalue weighted by Crippen LogP contribution is -2.40. The molecule has 0 atom stereocenters. The molecule has 0 spiro atoms. The summed E-state index contributed by atoms with van der Waals surface area (Å²) in [6.07, 6.45) is 0. The van der Waals surface area contributed by atoms with Gasteiger partial charge in [0.05, 0.1) is 25.9 Å². The van der Waals surface area contributed by atoms with Crippen LogP contribution in [0.2, 0.25) is 0 Å². The lowest BCUT2D eigenvalue weighted by atomic mass is 10.1. The molecule has 17 heavy (non-hydrogen) atoms. The normalized spacial score (nSPS) is 14.2. The number of carbonyl (C=O) groups excluding carboxylic acids is 1. The Morgan fingerprint density at radius 1 is 1.41 bits per heavy atom. The summed E-state index contributed by atoms with van der Waals surface area (Å²) in [4.78, 5) is 13.6. The second kappa shape index (κ2) is 5.05. The van der Waals surface area contributed by atoms with Crippen molar-refractivity contribution < 1.29 is 14.3 Å². The standard InChI is InChI=1S/C12H16N2O3/c1-16-7-6-14-8-11(15)13-12-9(14)4-3-5-10(12)17-2/h3-5H,6-8H2,1-2H3,(H,13,15). The predicted octanol–water partition coefficient (Wildman–Crippen LogP) is 1.10. The molecule has 1 aromatic rings. The number of anilines is 2. The van der Waals surface area contributed by atoms with E-state index in [0.29, 0.717) is 25.4 Å². The second-order valence-corrected chi connectivity index (χ2v) is 3.82. The number of nitrogens with zero attached hydrogens (tertiary/aromatic N) is 1. The number of methoxy groups -OCH3 is 2. The van der Waals surface area contributed by atoms with Gasteiger partial charge in [-0.15, -0.1) is 0 Å². The highest BCUT2D eigenvalue weighted by molar-refractivity contribution is 6.02. The minimum absolute atomic E-state index is 0.0295. The van der Waals surface area contributed by atoms with Crippen molar-refractivity contribution in [3.05, 3.63) is 18.2 Å². The zero-order valence-corrected chi connectivity index (χ0v) is 10.0. The summed E-state index contributed by atoms with van der Waals surface area (Å²) < 4.78 is 10.3. The molecular formula is C12H16N2O3. The molecule has 5 heteroatoms. The number of carbonyl (C=O) groups is 1. The van der Waals surface area contributed by atoms with Crippen LogP contribution in [0.4, 0.5) is 11.4 Å². The summed E-state index contributed by atoms with van der Waals surface area (Å²) in [5.74, 6) is 0.649. The largest absolute Gasteiger partial charge is 0.494 e. The third kappa shape index (κ3) is 2.34. The van der Waals surface area contributed by atoms with Crippen LogP contribution in [0.1, 0.15) is 0 Å². The molecule has 5 nitrogen and oxygen atoms in total. The maximum atomic E-state index is 11.6. The van der Waals surface area contributed by atoms with E-state index >= 15 is 0 Å². The first-order chi connectivity index (χ1) is 8.26. The van der Waals surface area contributed by atoms with Gasteiger partial charge in [0.2, 0.25) is 5.91 Å². The van der Waals surface area contributed by atoms with E-state index in [-0.39, 0.29) is 5.91 Å². The van der Waals surface area contributed by atoms with E-state index in [9.17, 15) is 4.79 Å². The summed E-state index contributed by atoms with van der Waals surface area (Å²) in [5.41, 5.74) is 1.71. The molecule has 1 aliphatic heterocycles. The molecule has 0 saturated heterocycles. The van der Waals surface area contributed by atoms with Crippen molar-refractivity contribution in [2.24, 2.45) is 0 Å². The number of fused-ring (bicyclic) bond motifs is 1. The fraction of sp³-hybridized carbons (Fsp3) is 0.417. The van der Waals surface area contributed by atoms with Crippen molar-refractivity contribution >= 4 is 17.3 Å². The first-order valence-electron chi connectivity index (χ1n) is 5.47. The van der Waals surface area contributed by atoms with Crippen LogP contribution in [0, 0.1) is 0 Å². The lowest BCUT2D eigenvalue weighted by Gasteiger charge is -2.31. The van der Waals surface area contributed by atoms with Crippen LogP contribution in [0.3, 0.4) is 0 Å². The Morgan fingerprint density at radius 2 is 2.24 bits per heavy atom. The van der Waals surface area contributed by atoms with Crippen LogP contribution >= 0.6 is 0 Å². The van der Waals surface area contributed by atoms with Crippen LogP contribution < -0.4 is 15.0 Å². The Balaban J connectivity index is 2.32. The highest BCUT2D eigenvalue weighted by Gasteiger charge is 2.24. The number of hydrogen-bond acceptors (Lipinski definition) is 4. The first kappa shape index (κ1) is 11.7. The van der Waals surface area contributed by atoms with Gasteiger partial charge in [0.15, 0.2) is 0 Å². The third-order valence-electron chi connectivity index (χ3n) is 2.73. The van der Waals surface area contributed by atoms with E-state index in [1.165, 1.54) is 0 Å². The molecule has 0 fully saturated rings. The highest BCUT2D eigenvalue weighted by atomic mass is 16.5. The summed E-state index contributed by atoms with van der Waals surface area (Å²) >= 11 is 0. The van der Waals surface area contributed by atoms with Gasteiger partial charge >= 0.3 is 0 Å². The summed E-state index contributed by atoms with van der Waals surface area (Å²) in [6.45, 7) is 1.62. The summed E-state index contributed by atoms with van der Waals surface area (Å²) in [5, 5.41) is 2.84. The maximum absolute atomic E-state index is 11.6. The van der Waals surface area contributed by atoms with Gasteiger partial charge in [-0.1, -0.05) is 6.07 Å². The van der Waals surface area contributed by atoms with Crippen LogP contribution in [0.25, 0.3) is 0 Å². The van der Waals surface area contributed by atoms with Crippen LogP contribution in [0.5, 0.6) is 5.75 Å². The fourth-order valence-corrected chi connectivity index (χ4v) is 1.92. The smallest absolute Gasteiger partial charge is 0.244 e. The minimum Gasteiger partial charge on any atom is -0.494 e. The van der Waals surface area contributed by atoms with Gasteiger partial charge in [-0.2, -0.15) is 0 Å². The molecule has 0 saturated carbocycles. The van der Waals surface area contributed by atoms with Crippen molar-refractivity contribution in [2.45, 2.75) is 0 Å². The van der Waals surface area contributed by atoms with Gasteiger partial charge in [-0.25, -0.2) is 0 Å². The van der Waals surface area contributed by atoms with Crippen molar-refractivity contribution in [1.82, 2.24) is 0 Å². The zero-order valence-electron chi connectivity index (χ0n) is 10.0. The fourth-order valence-electron chi connectivity index (χ4n) is 1.92. The van der Waals surface area contributed by atoms with E-state index in [1.54, 1.807) is 14.2 Å². The topological polar surface area (TPSA) is 50.8 Å². The monoisotopic (exact) mass is 236 g/mol. The summed E-state index contributed by atoms with van der Waals surface area (Å²) in [7, 11) is 3.24. The molecule has 1 N–H and O–H groups in total.